The number of nitrogens with one attached hydrogen (secondary N) is 2. The third-order valence-electron chi connectivity index (χ3n) is 2.69. The van der Waals surface area contributed by atoms with Gasteiger partial charge in [-0.1, -0.05) is 20.3 Å². The first-order valence-electron chi connectivity index (χ1n) is 6.54. The molecule has 0 aromatic carbocycles. The minimum Gasteiger partial charge on any atom is -0.374 e. The molecular formula is C13H23N3O2. The summed E-state index contributed by atoms with van der Waals surface area (Å²) in [6.45, 7) is 5.72. The first-order chi connectivity index (χ1) is 8.71. The Balaban J connectivity index is 2.82. The van der Waals surface area contributed by atoms with E-state index in [0.717, 1.165) is 31.5 Å². The van der Waals surface area contributed by atoms with Crippen molar-refractivity contribution in [3.05, 3.63) is 27.9 Å². The summed E-state index contributed by atoms with van der Waals surface area (Å²) in [5.41, 5.74) is 0.645. The molecule has 1 atom stereocenters. The summed E-state index contributed by atoms with van der Waals surface area (Å²) in [4.78, 5) is 18.8. The van der Waals surface area contributed by atoms with Crippen molar-refractivity contribution in [2.24, 2.45) is 0 Å². The van der Waals surface area contributed by atoms with Crippen LogP contribution in [0.4, 0.5) is 0 Å². The zero-order valence-electron chi connectivity index (χ0n) is 11.5. The van der Waals surface area contributed by atoms with Gasteiger partial charge in [0.05, 0.1) is 5.69 Å². The molecule has 0 radical (unpaired) electrons. The molecule has 0 saturated carbocycles. The highest BCUT2D eigenvalue weighted by Crippen LogP contribution is 2.17. The Morgan fingerprint density at radius 2 is 2.22 bits per heavy atom. The minimum absolute atomic E-state index is 0.119. The number of ether oxygens (including phenoxy) is 1. The van der Waals surface area contributed by atoms with E-state index in [1.54, 1.807) is 7.11 Å². The van der Waals surface area contributed by atoms with Crippen molar-refractivity contribution < 1.29 is 4.74 Å². The van der Waals surface area contributed by atoms with Crippen molar-refractivity contribution in [3.8, 4) is 0 Å². The Morgan fingerprint density at radius 1 is 1.44 bits per heavy atom. The average molecular weight is 253 g/mol. The number of nitrogens with zero attached hydrogens (tertiary/aromatic N) is 1. The van der Waals surface area contributed by atoms with E-state index in [2.05, 4.69) is 29.1 Å². The van der Waals surface area contributed by atoms with Gasteiger partial charge in [0.25, 0.3) is 5.56 Å². The number of rotatable bonds is 8. The van der Waals surface area contributed by atoms with Crippen molar-refractivity contribution in [1.29, 1.82) is 0 Å². The third kappa shape index (κ3) is 4.58. The second-order valence-corrected chi connectivity index (χ2v) is 4.31. The first-order valence-corrected chi connectivity index (χ1v) is 6.54. The normalized spacial score (nSPS) is 12.6. The second-order valence-electron chi connectivity index (χ2n) is 4.31. The molecule has 0 bridgehead atoms. The number of hydrogen-bond acceptors (Lipinski definition) is 4. The lowest BCUT2D eigenvalue weighted by atomic mass is 10.2. The predicted molar refractivity (Wildman–Crippen MR) is 71.5 cm³/mol. The first kappa shape index (κ1) is 14.9. The van der Waals surface area contributed by atoms with Gasteiger partial charge in [-0.3, -0.25) is 4.79 Å². The Labute approximate surface area is 108 Å². The molecule has 18 heavy (non-hydrogen) atoms. The molecule has 5 heteroatoms. The third-order valence-corrected chi connectivity index (χ3v) is 2.69. The molecule has 1 unspecified atom stereocenters. The van der Waals surface area contributed by atoms with Crippen LogP contribution in [0.5, 0.6) is 0 Å². The van der Waals surface area contributed by atoms with Crippen LogP contribution in [-0.2, 0) is 11.3 Å². The molecule has 0 aliphatic rings. The molecule has 1 rings (SSSR count). The Morgan fingerprint density at radius 3 is 2.83 bits per heavy atom. The van der Waals surface area contributed by atoms with Crippen molar-refractivity contribution in [1.82, 2.24) is 15.3 Å². The highest BCUT2D eigenvalue weighted by Gasteiger charge is 2.13. The highest BCUT2D eigenvalue weighted by atomic mass is 16.5. The summed E-state index contributed by atoms with van der Waals surface area (Å²) in [6.07, 6.45) is 2.77. The lowest BCUT2D eigenvalue weighted by molar-refractivity contribution is 0.0871. The van der Waals surface area contributed by atoms with Gasteiger partial charge in [0.1, 0.15) is 11.9 Å². The van der Waals surface area contributed by atoms with Crippen LogP contribution in [0, 0.1) is 0 Å². The molecule has 0 fully saturated rings. The second kappa shape index (κ2) is 8.00. The van der Waals surface area contributed by atoms with Gasteiger partial charge in [0.2, 0.25) is 0 Å². The number of aromatic amines is 1. The van der Waals surface area contributed by atoms with Crippen LogP contribution in [0.3, 0.4) is 0 Å². The quantitative estimate of drug-likeness (QED) is 0.693. The Bertz CT molecular complexity index is 403. The van der Waals surface area contributed by atoms with Gasteiger partial charge in [-0.25, -0.2) is 4.98 Å². The smallest absolute Gasteiger partial charge is 0.251 e. The molecule has 1 aromatic heterocycles. The van der Waals surface area contributed by atoms with Crippen LogP contribution in [0.1, 0.15) is 50.7 Å². The fourth-order valence-electron chi connectivity index (χ4n) is 1.79. The number of H-pyrrole nitrogens is 1. The molecule has 0 saturated heterocycles. The minimum atomic E-state index is -0.131. The Hall–Kier alpha value is -1.20. The molecular weight excluding hydrogens is 230 g/mol. The van der Waals surface area contributed by atoms with Gasteiger partial charge >= 0.3 is 0 Å². The van der Waals surface area contributed by atoms with E-state index in [1.807, 2.05) is 0 Å². The molecule has 0 aliphatic carbocycles. The summed E-state index contributed by atoms with van der Waals surface area (Å²) in [5.74, 6) is 0.625. The molecule has 0 aliphatic heterocycles. The zero-order valence-corrected chi connectivity index (χ0v) is 11.5. The van der Waals surface area contributed by atoms with Gasteiger partial charge in [0.15, 0.2) is 0 Å². The average Bonchev–Trinajstić information content (AvgIpc) is 2.35. The van der Waals surface area contributed by atoms with E-state index < -0.39 is 0 Å². The van der Waals surface area contributed by atoms with Crippen molar-refractivity contribution in [2.45, 2.75) is 45.8 Å². The molecule has 1 aromatic rings. The summed E-state index contributed by atoms with van der Waals surface area (Å²) in [7, 11) is 1.64. The lowest BCUT2D eigenvalue weighted by Crippen LogP contribution is -2.21. The summed E-state index contributed by atoms with van der Waals surface area (Å²) in [5, 5.41) is 3.24. The maximum Gasteiger partial charge on any atom is 0.251 e. The van der Waals surface area contributed by atoms with Crippen LogP contribution in [0.15, 0.2) is 10.9 Å². The van der Waals surface area contributed by atoms with Gasteiger partial charge < -0.3 is 15.0 Å². The predicted octanol–water partition coefficient (Wildman–Crippen LogP) is 1.76. The van der Waals surface area contributed by atoms with E-state index in [9.17, 15) is 4.79 Å². The monoisotopic (exact) mass is 253 g/mol. The van der Waals surface area contributed by atoms with E-state index >= 15 is 0 Å². The largest absolute Gasteiger partial charge is 0.374 e. The van der Waals surface area contributed by atoms with Gasteiger partial charge in [0, 0.05) is 19.7 Å². The van der Waals surface area contributed by atoms with Crippen molar-refractivity contribution in [3.63, 3.8) is 0 Å². The molecule has 5 nitrogen and oxygen atoms in total. The van der Waals surface area contributed by atoms with Crippen LogP contribution in [-0.4, -0.2) is 23.6 Å². The Kier molecular flexibility index (Phi) is 6.60. The number of aromatic nitrogens is 2. The van der Waals surface area contributed by atoms with E-state index in [4.69, 9.17) is 4.74 Å². The molecule has 102 valence electrons. The van der Waals surface area contributed by atoms with Crippen LogP contribution in [0.25, 0.3) is 0 Å². The maximum absolute atomic E-state index is 11.6. The van der Waals surface area contributed by atoms with Crippen molar-refractivity contribution in [2.75, 3.05) is 13.7 Å². The van der Waals surface area contributed by atoms with Crippen molar-refractivity contribution >= 4 is 0 Å². The lowest BCUT2D eigenvalue weighted by Gasteiger charge is -2.14. The van der Waals surface area contributed by atoms with Crippen LogP contribution in [0.2, 0.25) is 0 Å². The topological polar surface area (TPSA) is 67.0 Å². The summed E-state index contributed by atoms with van der Waals surface area (Å²) < 4.78 is 5.36. The summed E-state index contributed by atoms with van der Waals surface area (Å²) >= 11 is 0. The van der Waals surface area contributed by atoms with E-state index in [0.29, 0.717) is 12.4 Å². The maximum atomic E-state index is 11.6. The van der Waals surface area contributed by atoms with Gasteiger partial charge in [-0.2, -0.15) is 0 Å². The summed E-state index contributed by atoms with van der Waals surface area (Å²) in [6, 6.07) is 1.53. The van der Waals surface area contributed by atoms with E-state index in [-0.39, 0.29) is 11.7 Å². The standard InChI is InChI=1S/C13H23N3O2/c1-4-6-11(18-3)13-15-10(8-12(17)16-13)9-14-7-5-2/h8,11,14H,4-7,9H2,1-3H3,(H,15,16,17). The number of methoxy groups -OCH3 is 1. The molecule has 2 N–H and O–H groups in total. The SMILES string of the molecule is CCCNCc1cc(=O)[nH]c(C(CCC)OC)n1. The molecule has 0 amide bonds. The molecule has 0 spiro atoms. The van der Waals surface area contributed by atoms with Gasteiger partial charge in [-0.15, -0.1) is 0 Å². The van der Waals surface area contributed by atoms with E-state index in [1.165, 1.54) is 6.07 Å². The fourth-order valence-corrected chi connectivity index (χ4v) is 1.79. The van der Waals surface area contributed by atoms with Crippen LogP contribution < -0.4 is 10.9 Å². The highest BCUT2D eigenvalue weighted by molar-refractivity contribution is 5.04. The number of hydrogen-bond donors (Lipinski definition) is 2. The van der Waals surface area contributed by atoms with Crippen LogP contribution >= 0.6 is 0 Å². The molecule has 1 heterocycles. The fraction of sp³-hybridized carbons (Fsp3) is 0.692. The van der Waals surface area contributed by atoms with Gasteiger partial charge in [-0.05, 0) is 19.4 Å². The zero-order chi connectivity index (χ0) is 13.4.